The minimum Gasteiger partial charge on any atom is -0.464 e. The highest BCUT2D eigenvalue weighted by atomic mass is 16.5. The van der Waals surface area contributed by atoms with E-state index in [1.807, 2.05) is 27.7 Å². The van der Waals surface area contributed by atoms with E-state index in [0.717, 1.165) is 0 Å². The molecule has 0 saturated carbocycles. The van der Waals surface area contributed by atoms with E-state index < -0.39 is 42.1 Å². The Morgan fingerprint density at radius 2 is 1.68 bits per heavy atom. The van der Waals surface area contributed by atoms with Crippen LogP contribution in [0.1, 0.15) is 47.5 Å². The van der Waals surface area contributed by atoms with Gasteiger partial charge < -0.3 is 35.5 Å². The molecule has 0 aliphatic carbocycles. The van der Waals surface area contributed by atoms with Gasteiger partial charge in [0.1, 0.15) is 43.2 Å². The van der Waals surface area contributed by atoms with Crippen molar-refractivity contribution >= 4 is 24.1 Å². The second-order valence-electron chi connectivity index (χ2n) is 8.35. The van der Waals surface area contributed by atoms with Crippen molar-refractivity contribution in [3.63, 3.8) is 0 Å². The molecule has 10 nitrogen and oxygen atoms in total. The number of ether oxygens (including phenoxy) is 1. The predicted octanol–water partition coefficient (Wildman–Crippen LogP) is -0.549. The zero-order valence-electron chi connectivity index (χ0n) is 18.8. The van der Waals surface area contributed by atoms with Crippen LogP contribution in [0, 0.1) is 11.3 Å². The molecule has 0 saturated heterocycles. The van der Waals surface area contributed by atoms with Crippen LogP contribution in [0.3, 0.4) is 0 Å². The molecule has 0 aliphatic heterocycles. The molecule has 0 aromatic carbocycles. The number of carbonyl (C=O) groups excluding carboxylic acids is 4. The molecule has 31 heavy (non-hydrogen) atoms. The fourth-order valence-corrected chi connectivity index (χ4v) is 2.36. The molecule has 2 amide bonds. The Morgan fingerprint density at radius 3 is 2.19 bits per heavy atom. The Morgan fingerprint density at radius 1 is 1.06 bits per heavy atom. The number of aldehydes is 1. The van der Waals surface area contributed by atoms with Gasteiger partial charge in [-0.05, 0) is 18.8 Å². The van der Waals surface area contributed by atoms with Crippen molar-refractivity contribution in [3.05, 3.63) is 12.2 Å². The Balaban J connectivity index is 4.72. The maximum absolute atomic E-state index is 12.3. The number of carbonyl (C=O) groups is 4. The highest BCUT2D eigenvalue weighted by Crippen LogP contribution is 2.17. The van der Waals surface area contributed by atoms with Gasteiger partial charge in [0.05, 0.1) is 6.54 Å². The topological polar surface area (TPSA) is 162 Å². The van der Waals surface area contributed by atoms with Crippen LogP contribution in [-0.2, 0) is 23.9 Å². The van der Waals surface area contributed by atoms with Crippen LogP contribution < -0.4 is 10.6 Å². The molecule has 0 aromatic rings. The van der Waals surface area contributed by atoms with Crippen LogP contribution in [0.15, 0.2) is 12.2 Å². The first-order valence-corrected chi connectivity index (χ1v) is 10.3. The Kier molecular flexibility index (Phi) is 12.9. The number of rotatable bonds is 13. The van der Waals surface area contributed by atoms with Crippen LogP contribution in [0.2, 0.25) is 0 Å². The summed E-state index contributed by atoms with van der Waals surface area (Å²) in [4.78, 5) is 46.9. The molecule has 5 atom stereocenters. The summed E-state index contributed by atoms with van der Waals surface area (Å²) in [5, 5.41) is 35.0. The van der Waals surface area contributed by atoms with Gasteiger partial charge in [0, 0.05) is 6.42 Å². The van der Waals surface area contributed by atoms with Gasteiger partial charge in [-0.2, -0.15) is 0 Å². The third-order valence-corrected chi connectivity index (χ3v) is 4.18. The normalized spacial score (nSPS) is 16.6. The molecule has 0 heterocycles. The SMILES string of the molecule is CCCC(=O)OCCNC(=O)[C@H](C)NC(=O)[C@H](C=O)[C@H](O)[C@@H](O)[C@H](O)/C=C/C(C)(C)C. The largest absolute Gasteiger partial charge is 0.464 e. The van der Waals surface area contributed by atoms with E-state index in [1.54, 1.807) is 6.08 Å². The summed E-state index contributed by atoms with van der Waals surface area (Å²) in [7, 11) is 0. The Hall–Kier alpha value is -2.30. The quantitative estimate of drug-likeness (QED) is 0.0831. The van der Waals surface area contributed by atoms with Crippen molar-refractivity contribution in [1.82, 2.24) is 10.6 Å². The third kappa shape index (κ3) is 11.6. The molecular weight excluding hydrogens is 408 g/mol. The summed E-state index contributed by atoms with van der Waals surface area (Å²) in [5.74, 6) is -3.64. The minimum absolute atomic E-state index is 0.0208. The monoisotopic (exact) mass is 444 g/mol. The summed E-state index contributed by atoms with van der Waals surface area (Å²) in [5.41, 5.74) is -0.287. The first-order chi connectivity index (χ1) is 14.3. The van der Waals surface area contributed by atoms with Gasteiger partial charge in [0.25, 0.3) is 0 Å². The van der Waals surface area contributed by atoms with Crippen LogP contribution in [0.4, 0.5) is 0 Å². The van der Waals surface area contributed by atoms with Crippen LogP contribution >= 0.6 is 0 Å². The maximum atomic E-state index is 12.3. The van der Waals surface area contributed by atoms with Gasteiger partial charge in [0.2, 0.25) is 11.8 Å². The summed E-state index contributed by atoms with van der Waals surface area (Å²) < 4.78 is 4.89. The molecule has 0 spiro atoms. The van der Waals surface area contributed by atoms with Crippen molar-refractivity contribution in [1.29, 1.82) is 0 Å². The number of aliphatic hydroxyl groups is 3. The summed E-state index contributed by atoms with van der Waals surface area (Å²) in [6, 6.07) is -1.06. The summed E-state index contributed by atoms with van der Waals surface area (Å²) in [6.07, 6.45) is -1.21. The molecule has 0 rings (SSSR count). The van der Waals surface area contributed by atoms with Crippen LogP contribution in [-0.4, -0.2) is 76.9 Å². The Bertz CT molecular complexity index is 629. The summed E-state index contributed by atoms with van der Waals surface area (Å²) in [6.45, 7) is 8.81. The number of hydrogen-bond acceptors (Lipinski definition) is 8. The second-order valence-corrected chi connectivity index (χ2v) is 8.35. The zero-order chi connectivity index (χ0) is 24.2. The van der Waals surface area contributed by atoms with E-state index in [2.05, 4.69) is 10.6 Å². The lowest BCUT2D eigenvalue weighted by atomic mass is 9.91. The highest BCUT2D eigenvalue weighted by molar-refractivity contribution is 5.95. The first kappa shape index (κ1) is 28.7. The molecule has 0 aromatic heterocycles. The molecule has 0 radical (unpaired) electrons. The summed E-state index contributed by atoms with van der Waals surface area (Å²) >= 11 is 0. The van der Waals surface area contributed by atoms with Gasteiger partial charge in [-0.1, -0.05) is 39.8 Å². The molecule has 10 heteroatoms. The van der Waals surface area contributed by atoms with Gasteiger partial charge in [-0.15, -0.1) is 0 Å². The smallest absolute Gasteiger partial charge is 0.305 e. The average molecular weight is 445 g/mol. The van der Waals surface area contributed by atoms with Crippen molar-refractivity contribution in [2.45, 2.75) is 71.8 Å². The third-order valence-electron chi connectivity index (χ3n) is 4.18. The van der Waals surface area contributed by atoms with Crippen molar-refractivity contribution in [2.24, 2.45) is 11.3 Å². The Labute approximate surface area is 183 Å². The van der Waals surface area contributed by atoms with Crippen molar-refractivity contribution in [2.75, 3.05) is 13.2 Å². The van der Waals surface area contributed by atoms with E-state index >= 15 is 0 Å². The molecular formula is C21H36N2O8. The number of esters is 1. The lowest BCUT2D eigenvalue weighted by Crippen LogP contribution is -2.52. The first-order valence-electron chi connectivity index (χ1n) is 10.3. The van der Waals surface area contributed by atoms with Crippen molar-refractivity contribution in [3.8, 4) is 0 Å². The van der Waals surface area contributed by atoms with Gasteiger partial charge in [-0.3, -0.25) is 14.4 Å². The number of aliphatic hydroxyl groups excluding tert-OH is 3. The van der Waals surface area contributed by atoms with E-state index in [4.69, 9.17) is 4.74 Å². The minimum atomic E-state index is -1.88. The van der Waals surface area contributed by atoms with Gasteiger partial charge in [-0.25, -0.2) is 0 Å². The predicted molar refractivity (Wildman–Crippen MR) is 113 cm³/mol. The average Bonchev–Trinajstić information content (AvgIpc) is 2.68. The number of nitrogens with one attached hydrogen (secondary N) is 2. The molecule has 0 fully saturated rings. The fourth-order valence-electron chi connectivity index (χ4n) is 2.36. The van der Waals surface area contributed by atoms with Crippen LogP contribution in [0.5, 0.6) is 0 Å². The lowest BCUT2D eigenvalue weighted by Gasteiger charge is -2.26. The van der Waals surface area contributed by atoms with Crippen molar-refractivity contribution < 1.29 is 39.2 Å². The molecule has 0 aliphatic rings. The van der Waals surface area contributed by atoms with Gasteiger partial charge >= 0.3 is 5.97 Å². The zero-order valence-corrected chi connectivity index (χ0v) is 18.8. The second kappa shape index (κ2) is 13.9. The van der Waals surface area contributed by atoms with Gasteiger partial charge in [0.15, 0.2) is 0 Å². The number of allylic oxidation sites excluding steroid dienone is 1. The van der Waals surface area contributed by atoms with E-state index in [-0.39, 0.29) is 37.2 Å². The molecule has 5 N–H and O–H groups in total. The van der Waals surface area contributed by atoms with Crippen LogP contribution in [0.25, 0.3) is 0 Å². The molecule has 0 bridgehead atoms. The fraction of sp³-hybridized carbons (Fsp3) is 0.714. The molecule has 0 unspecified atom stereocenters. The van der Waals surface area contributed by atoms with E-state index in [1.165, 1.54) is 13.0 Å². The van der Waals surface area contributed by atoms with E-state index in [9.17, 15) is 34.5 Å². The maximum Gasteiger partial charge on any atom is 0.305 e. The lowest BCUT2D eigenvalue weighted by molar-refractivity contribution is -0.144. The van der Waals surface area contributed by atoms with E-state index in [0.29, 0.717) is 6.42 Å². The highest BCUT2D eigenvalue weighted by Gasteiger charge is 2.35. The standard InChI is InChI=1S/C21H36N2O8/c1-6-7-16(26)31-11-10-22-19(29)13(2)23-20(30)14(12-24)17(27)18(28)15(25)8-9-21(3,4)5/h8-9,12-15,17-18,25,27-28H,6-7,10-11H2,1-5H3,(H,22,29)(H,23,30)/b9-8+/t13-,14+,15+,17-,18-/m0/s1. The number of amides is 2. The molecule has 178 valence electrons. The number of hydrogen-bond donors (Lipinski definition) is 5.